The normalized spacial score (nSPS) is 11.1. The molecule has 0 aliphatic rings. The van der Waals surface area contributed by atoms with Crippen molar-refractivity contribution in [3.05, 3.63) is 17.3 Å². The number of alkyl halides is 4. The minimum Gasteiger partial charge on any atom is -0.495 e. The summed E-state index contributed by atoms with van der Waals surface area (Å²) in [4.78, 5) is 14.9. The van der Waals surface area contributed by atoms with Crippen molar-refractivity contribution in [2.24, 2.45) is 0 Å². The van der Waals surface area contributed by atoms with Crippen molar-refractivity contribution >= 4 is 21.9 Å². The van der Waals surface area contributed by atoms with Crippen molar-refractivity contribution in [2.75, 3.05) is 14.2 Å². The fraction of sp³-hybridized carbons (Fsp3) is 0.455. The van der Waals surface area contributed by atoms with Crippen molar-refractivity contribution < 1.29 is 32.2 Å². The van der Waals surface area contributed by atoms with E-state index < -0.39 is 18.2 Å². The van der Waals surface area contributed by atoms with Crippen LogP contribution in [0.3, 0.4) is 0 Å². The minimum absolute atomic E-state index is 0.00887. The molecule has 0 unspecified atom stereocenters. The van der Waals surface area contributed by atoms with E-state index in [0.29, 0.717) is 0 Å². The summed E-state index contributed by atoms with van der Waals surface area (Å²) >= 11 is 3.05. The Bertz CT molecular complexity index is 493. The van der Waals surface area contributed by atoms with Crippen molar-refractivity contribution in [3.8, 4) is 11.6 Å². The van der Waals surface area contributed by atoms with E-state index in [-0.39, 0.29) is 28.6 Å². The Balaban J connectivity index is 3.28. The SMILES string of the molecule is COC(=O)Cc1c(OC)cnc(OC(F)(F)F)c1CBr. The van der Waals surface area contributed by atoms with E-state index >= 15 is 0 Å². The molecule has 0 aliphatic heterocycles. The molecule has 0 atom stereocenters. The van der Waals surface area contributed by atoms with Crippen LogP contribution in [0.15, 0.2) is 6.20 Å². The first-order valence-corrected chi connectivity index (χ1v) is 6.37. The molecule has 0 aliphatic carbocycles. The third kappa shape index (κ3) is 4.26. The molecule has 1 rings (SSSR count). The van der Waals surface area contributed by atoms with Gasteiger partial charge >= 0.3 is 12.3 Å². The van der Waals surface area contributed by atoms with Gasteiger partial charge in [-0.05, 0) is 0 Å². The lowest BCUT2D eigenvalue weighted by atomic mass is 10.1. The molecule has 0 bridgehead atoms. The summed E-state index contributed by atoms with van der Waals surface area (Å²) in [7, 11) is 2.50. The van der Waals surface area contributed by atoms with Gasteiger partial charge in [0.05, 0.1) is 26.8 Å². The number of hydrogen-bond donors (Lipinski definition) is 0. The lowest BCUT2D eigenvalue weighted by molar-refractivity contribution is -0.276. The highest BCUT2D eigenvalue weighted by Crippen LogP contribution is 2.33. The number of rotatable bonds is 5. The molecule has 1 aromatic heterocycles. The molecule has 0 saturated carbocycles. The summed E-state index contributed by atoms with van der Waals surface area (Å²) in [6.45, 7) is 0. The summed E-state index contributed by atoms with van der Waals surface area (Å²) in [5.41, 5.74) is 0.303. The standard InChI is InChI=1S/C11H11BrF3NO4/c1-18-8-5-16-10(20-11(13,14)15)7(4-12)6(8)3-9(17)19-2/h5H,3-4H2,1-2H3. The first-order chi connectivity index (χ1) is 9.32. The van der Waals surface area contributed by atoms with Gasteiger partial charge in [0.15, 0.2) is 0 Å². The molecule has 1 aromatic rings. The number of carbonyl (C=O) groups excluding carboxylic acids is 1. The Morgan fingerprint density at radius 1 is 1.35 bits per heavy atom. The molecule has 0 saturated heterocycles. The Labute approximate surface area is 121 Å². The fourth-order valence-corrected chi connectivity index (χ4v) is 2.05. The van der Waals surface area contributed by atoms with Gasteiger partial charge in [-0.3, -0.25) is 4.79 Å². The smallest absolute Gasteiger partial charge is 0.495 e. The van der Waals surface area contributed by atoms with Crippen molar-refractivity contribution in [1.29, 1.82) is 0 Å². The number of nitrogens with zero attached hydrogens (tertiary/aromatic N) is 1. The van der Waals surface area contributed by atoms with E-state index in [0.717, 1.165) is 6.20 Å². The summed E-state index contributed by atoms with van der Waals surface area (Å²) < 4.78 is 50.2. The number of methoxy groups -OCH3 is 2. The van der Waals surface area contributed by atoms with Gasteiger partial charge in [0, 0.05) is 16.5 Å². The van der Waals surface area contributed by atoms with E-state index in [1.165, 1.54) is 14.2 Å². The van der Waals surface area contributed by atoms with E-state index in [9.17, 15) is 18.0 Å². The zero-order valence-corrected chi connectivity index (χ0v) is 12.2. The summed E-state index contributed by atoms with van der Waals surface area (Å²) in [5, 5.41) is 0.00887. The van der Waals surface area contributed by atoms with Gasteiger partial charge < -0.3 is 14.2 Å². The van der Waals surface area contributed by atoms with Crippen LogP contribution in [-0.4, -0.2) is 31.5 Å². The average molecular weight is 358 g/mol. The number of ether oxygens (including phenoxy) is 3. The summed E-state index contributed by atoms with van der Waals surface area (Å²) in [6, 6.07) is 0. The average Bonchev–Trinajstić information content (AvgIpc) is 2.37. The quantitative estimate of drug-likeness (QED) is 0.598. The Hall–Kier alpha value is -1.51. The maximum atomic E-state index is 12.3. The molecule has 0 N–H and O–H groups in total. The first-order valence-electron chi connectivity index (χ1n) is 5.25. The van der Waals surface area contributed by atoms with E-state index in [2.05, 4.69) is 30.4 Å². The zero-order chi connectivity index (χ0) is 15.3. The molecule has 0 fully saturated rings. The number of halogens is 4. The molecule has 5 nitrogen and oxygen atoms in total. The number of aromatic nitrogens is 1. The maximum Gasteiger partial charge on any atom is 0.574 e. The van der Waals surface area contributed by atoms with Gasteiger partial charge in [-0.1, -0.05) is 15.9 Å². The lowest BCUT2D eigenvalue weighted by Gasteiger charge is -2.16. The van der Waals surface area contributed by atoms with Gasteiger partial charge in [0.2, 0.25) is 5.88 Å². The van der Waals surface area contributed by atoms with Gasteiger partial charge in [-0.15, -0.1) is 13.2 Å². The van der Waals surface area contributed by atoms with Crippen LogP contribution in [0.5, 0.6) is 11.6 Å². The summed E-state index contributed by atoms with van der Waals surface area (Å²) in [6.07, 6.45) is -4.07. The monoisotopic (exact) mass is 357 g/mol. The van der Waals surface area contributed by atoms with E-state index in [1.54, 1.807) is 0 Å². The second-order valence-corrected chi connectivity index (χ2v) is 4.08. The van der Waals surface area contributed by atoms with E-state index in [4.69, 9.17) is 4.74 Å². The lowest BCUT2D eigenvalue weighted by Crippen LogP contribution is -2.20. The van der Waals surface area contributed by atoms with Crippen LogP contribution in [0.4, 0.5) is 13.2 Å². The summed E-state index contributed by atoms with van der Waals surface area (Å²) in [5.74, 6) is -1.07. The highest BCUT2D eigenvalue weighted by atomic mass is 79.9. The zero-order valence-electron chi connectivity index (χ0n) is 10.6. The number of carbonyl (C=O) groups is 1. The highest BCUT2D eigenvalue weighted by molar-refractivity contribution is 9.08. The van der Waals surface area contributed by atoms with Gasteiger partial charge in [-0.25, -0.2) is 4.98 Å². The Morgan fingerprint density at radius 3 is 2.45 bits per heavy atom. The molecule has 1 heterocycles. The number of pyridine rings is 1. The van der Waals surface area contributed by atoms with Crippen LogP contribution < -0.4 is 9.47 Å². The van der Waals surface area contributed by atoms with Crippen LogP contribution in [0.2, 0.25) is 0 Å². The molecule has 0 amide bonds. The van der Waals surface area contributed by atoms with Crippen LogP contribution >= 0.6 is 15.9 Å². The van der Waals surface area contributed by atoms with Gasteiger partial charge in [-0.2, -0.15) is 0 Å². The third-order valence-electron chi connectivity index (χ3n) is 2.33. The van der Waals surface area contributed by atoms with Gasteiger partial charge in [0.1, 0.15) is 5.75 Å². The topological polar surface area (TPSA) is 57.7 Å². The molecule has 0 spiro atoms. The van der Waals surface area contributed by atoms with E-state index in [1.807, 2.05) is 0 Å². The molecule has 9 heteroatoms. The number of esters is 1. The maximum absolute atomic E-state index is 12.3. The molecule has 20 heavy (non-hydrogen) atoms. The molecular formula is C11H11BrF3NO4. The molecule has 0 radical (unpaired) electrons. The first kappa shape index (κ1) is 16.5. The van der Waals surface area contributed by atoms with Crippen LogP contribution in [0.1, 0.15) is 11.1 Å². The second kappa shape index (κ2) is 6.78. The highest BCUT2D eigenvalue weighted by Gasteiger charge is 2.34. The Kier molecular flexibility index (Phi) is 5.61. The largest absolute Gasteiger partial charge is 0.574 e. The van der Waals surface area contributed by atoms with Crippen molar-refractivity contribution in [3.63, 3.8) is 0 Å². The van der Waals surface area contributed by atoms with Crippen molar-refractivity contribution in [2.45, 2.75) is 18.1 Å². The Morgan fingerprint density at radius 2 is 2.00 bits per heavy atom. The predicted octanol–water partition coefficient (Wildman–Crippen LogP) is 2.60. The van der Waals surface area contributed by atoms with Gasteiger partial charge in [0.25, 0.3) is 0 Å². The van der Waals surface area contributed by atoms with Crippen LogP contribution in [-0.2, 0) is 21.3 Å². The molecule has 112 valence electrons. The minimum atomic E-state index is -4.87. The van der Waals surface area contributed by atoms with Crippen LogP contribution in [0.25, 0.3) is 0 Å². The molecule has 0 aromatic carbocycles. The second-order valence-electron chi connectivity index (χ2n) is 3.52. The number of hydrogen-bond acceptors (Lipinski definition) is 5. The fourth-order valence-electron chi connectivity index (χ4n) is 1.47. The van der Waals surface area contributed by atoms with Crippen LogP contribution in [0, 0.1) is 0 Å². The molecular weight excluding hydrogens is 347 g/mol. The van der Waals surface area contributed by atoms with Crippen molar-refractivity contribution in [1.82, 2.24) is 4.98 Å². The third-order valence-corrected chi connectivity index (χ3v) is 2.89. The predicted molar refractivity (Wildman–Crippen MR) is 65.8 cm³/mol.